The van der Waals surface area contributed by atoms with Crippen LogP contribution in [0, 0.1) is 0 Å². The van der Waals surface area contributed by atoms with E-state index in [-0.39, 0.29) is 17.2 Å². The van der Waals surface area contributed by atoms with Crippen LogP contribution in [-0.2, 0) is 5.41 Å². The number of hydrogen-bond acceptors (Lipinski definition) is 2. The lowest BCUT2D eigenvalue weighted by atomic mass is 9.84. The van der Waals surface area contributed by atoms with E-state index in [0.717, 1.165) is 11.3 Å². The zero-order valence-electron chi connectivity index (χ0n) is 15.6. The molecule has 0 saturated carbocycles. The molecule has 0 bridgehead atoms. The number of benzene rings is 2. The van der Waals surface area contributed by atoms with Crippen LogP contribution in [0.5, 0.6) is 0 Å². The molecule has 1 heterocycles. The molecule has 0 aliphatic carbocycles. The van der Waals surface area contributed by atoms with Crippen molar-refractivity contribution in [2.24, 2.45) is 0 Å². The largest absolute Gasteiger partial charge is 0.351 e. The van der Waals surface area contributed by atoms with Gasteiger partial charge in [-0.05, 0) is 35.7 Å². The predicted octanol–water partition coefficient (Wildman–Crippen LogP) is 4.66. The van der Waals surface area contributed by atoms with Gasteiger partial charge in [-0.1, -0.05) is 75.4 Å². The van der Waals surface area contributed by atoms with Crippen LogP contribution in [0.15, 0.2) is 65.9 Å². The van der Waals surface area contributed by atoms with E-state index in [4.69, 9.17) is 12.2 Å². The van der Waals surface area contributed by atoms with Crippen LogP contribution >= 0.6 is 12.2 Å². The highest BCUT2D eigenvalue weighted by Gasteiger charge is 2.30. The van der Waals surface area contributed by atoms with Gasteiger partial charge in [0.2, 0.25) is 0 Å². The zero-order valence-corrected chi connectivity index (χ0v) is 16.4. The molecule has 2 N–H and O–H groups in total. The number of nitrogens with one attached hydrogen (secondary N) is 2. The molecule has 3 rings (SSSR count). The van der Waals surface area contributed by atoms with Crippen molar-refractivity contribution in [3.63, 3.8) is 0 Å². The molecule has 2 aromatic rings. The molecule has 0 aromatic heterocycles. The molecule has 26 heavy (non-hydrogen) atoms. The van der Waals surface area contributed by atoms with E-state index < -0.39 is 0 Å². The molecule has 1 unspecified atom stereocenters. The maximum absolute atomic E-state index is 13.1. The monoisotopic (exact) mass is 364 g/mol. The standard InChI is InChI=1S/C22H24N2OS/c1-14-18(20(25)16-8-6-5-7-9-16)19(24-21(26)23-14)15-10-12-17(13-11-15)22(2,3)4/h5-13,19H,1-4H3,(H2,23,24,26). The maximum Gasteiger partial charge on any atom is 0.193 e. The predicted molar refractivity (Wildman–Crippen MR) is 110 cm³/mol. The number of thiocarbonyl (C=S) groups is 1. The van der Waals surface area contributed by atoms with E-state index in [1.165, 1.54) is 5.56 Å². The summed E-state index contributed by atoms with van der Waals surface area (Å²) in [6.45, 7) is 8.47. The Kier molecular flexibility index (Phi) is 4.97. The molecule has 0 saturated heterocycles. The molecule has 134 valence electrons. The normalized spacial score (nSPS) is 17.5. The smallest absolute Gasteiger partial charge is 0.193 e. The second-order valence-electron chi connectivity index (χ2n) is 7.64. The fourth-order valence-electron chi connectivity index (χ4n) is 3.17. The van der Waals surface area contributed by atoms with Gasteiger partial charge in [0.15, 0.2) is 10.9 Å². The van der Waals surface area contributed by atoms with Gasteiger partial charge in [-0.15, -0.1) is 0 Å². The number of ketones is 1. The Morgan fingerprint density at radius 2 is 1.62 bits per heavy atom. The highest BCUT2D eigenvalue weighted by atomic mass is 32.1. The number of allylic oxidation sites excluding steroid dienone is 1. The van der Waals surface area contributed by atoms with Crippen LogP contribution in [0.4, 0.5) is 0 Å². The van der Waals surface area contributed by atoms with Crippen LogP contribution in [0.2, 0.25) is 0 Å². The van der Waals surface area contributed by atoms with E-state index in [9.17, 15) is 4.79 Å². The van der Waals surface area contributed by atoms with Crippen molar-refractivity contribution >= 4 is 23.1 Å². The molecule has 0 fully saturated rings. The molecular weight excluding hydrogens is 340 g/mol. The summed E-state index contributed by atoms with van der Waals surface area (Å²) < 4.78 is 0. The molecule has 1 atom stereocenters. The number of carbonyl (C=O) groups is 1. The summed E-state index contributed by atoms with van der Waals surface area (Å²) in [6, 6.07) is 17.5. The summed E-state index contributed by atoms with van der Waals surface area (Å²) >= 11 is 5.33. The van der Waals surface area contributed by atoms with Gasteiger partial charge in [0.05, 0.1) is 6.04 Å². The third-order valence-electron chi connectivity index (χ3n) is 4.66. The van der Waals surface area contributed by atoms with E-state index >= 15 is 0 Å². The highest BCUT2D eigenvalue weighted by molar-refractivity contribution is 7.80. The summed E-state index contributed by atoms with van der Waals surface area (Å²) in [5, 5.41) is 6.90. The molecule has 2 aromatic carbocycles. The quantitative estimate of drug-likeness (QED) is 0.614. The van der Waals surface area contributed by atoms with E-state index in [2.05, 4.69) is 55.7 Å². The van der Waals surface area contributed by atoms with Crippen LogP contribution < -0.4 is 10.6 Å². The Labute approximate surface area is 160 Å². The fourth-order valence-corrected chi connectivity index (χ4v) is 3.44. The van der Waals surface area contributed by atoms with Gasteiger partial charge in [-0.3, -0.25) is 4.79 Å². The first-order chi connectivity index (χ1) is 12.3. The van der Waals surface area contributed by atoms with Gasteiger partial charge < -0.3 is 10.6 Å². The van der Waals surface area contributed by atoms with Gasteiger partial charge in [0.25, 0.3) is 0 Å². The van der Waals surface area contributed by atoms with Crippen molar-refractivity contribution < 1.29 is 4.79 Å². The minimum atomic E-state index is -0.259. The molecule has 3 nitrogen and oxygen atoms in total. The average molecular weight is 365 g/mol. The third-order valence-corrected chi connectivity index (χ3v) is 4.88. The van der Waals surface area contributed by atoms with Gasteiger partial charge in [0, 0.05) is 16.8 Å². The lowest BCUT2D eigenvalue weighted by molar-refractivity contribution is 0.102. The van der Waals surface area contributed by atoms with Crippen molar-refractivity contribution in [1.29, 1.82) is 0 Å². The average Bonchev–Trinajstić information content (AvgIpc) is 2.61. The van der Waals surface area contributed by atoms with E-state index in [1.807, 2.05) is 37.3 Å². The molecule has 1 aliphatic rings. The number of hydrogen-bond donors (Lipinski definition) is 2. The molecular formula is C22H24N2OS. The first-order valence-electron chi connectivity index (χ1n) is 8.76. The second-order valence-corrected chi connectivity index (χ2v) is 8.05. The summed E-state index contributed by atoms with van der Waals surface area (Å²) in [7, 11) is 0. The summed E-state index contributed by atoms with van der Waals surface area (Å²) in [4.78, 5) is 13.1. The van der Waals surface area contributed by atoms with Gasteiger partial charge in [0.1, 0.15) is 0 Å². The first kappa shape index (κ1) is 18.3. The Hall–Kier alpha value is -2.46. The maximum atomic E-state index is 13.1. The van der Waals surface area contributed by atoms with Crippen LogP contribution in [-0.4, -0.2) is 10.9 Å². The third kappa shape index (κ3) is 3.70. The second kappa shape index (κ2) is 7.04. The molecule has 4 heteroatoms. The number of rotatable bonds is 3. The first-order valence-corrected chi connectivity index (χ1v) is 9.16. The Bertz CT molecular complexity index is 861. The van der Waals surface area contributed by atoms with Crippen molar-refractivity contribution in [2.75, 3.05) is 0 Å². The topological polar surface area (TPSA) is 41.1 Å². The minimum Gasteiger partial charge on any atom is -0.351 e. The summed E-state index contributed by atoms with van der Waals surface area (Å²) in [6.07, 6.45) is 0. The molecule has 1 aliphatic heterocycles. The molecule has 0 radical (unpaired) electrons. The molecule has 0 spiro atoms. The Morgan fingerprint density at radius 1 is 1.00 bits per heavy atom. The fraction of sp³-hybridized carbons (Fsp3) is 0.273. The van der Waals surface area contributed by atoms with Crippen LogP contribution in [0.25, 0.3) is 0 Å². The van der Waals surface area contributed by atoms with Crippen LogP contribution in [0.1, 0.15) is 55.2 Å². The zero-order chi connectivity index (χ0) is 18.9. The van der Waals surface area contributed by atoms with Crippen molar-refractivity contribution in [3.05, 3.63) is 82.6 Å². The minimum absolute atomic E-state index is 0.00972. The summed E-state index contributed by atoms with van der Waals surface area (Å²) in [5.74, 6) is 0.00972. The van der Waals surface area contributed by atoms with Gasteiger partial charge >= 0.3 is 0 Å². The van der Waals surface area contributed by atoms with E-state index in [1.54, 1.807) is 0 Å². The van der Waals surface area contributed by atoms with Gasteiger partial charge in [-0.2, -0.15) is 0 Å². The van der Waals surface area contributed by atoms with Crippen LogP contribution in [0.3, 0.4) is 0 Å². The lowest BCUT2D eigenvalue weighted by Gasteiger charge is -2.31. The SMILES string of the molecule is CC1=C(C(=O)c2ccccc2)C(c2ccc(C(C)(C)C)cc2)NC(=S)N1. The Balaban J connectivity index is 2.02. The van der Waals surface area contributed by atoms with E-state index in [0.29, 0.717) is 16.2 Å². The Morgan fingerprint density at radius 3 is 2.19 bits per heavy atom. The van der Waals surface area contributed by atoms with Crippen molar-refractivity contribution in [3.8, 4) is 0 Å². The van der Waals surface area contributed by atoms with Gasteiger partial charge in [-0.25, -0.2) is 0 Å². The van der Waals surface area contributed by atoms with Crippen molar-refractivity contribution in [2.45, 2.75) is 39.2 Å². The molecule has 0 amide bonds. The number of Topliss-reactive ketones (excluding diaryl/α,β-unsaturated/α-hetero) is 1. The summed E-state index contributed by atoms with van der Waals surface area (Å²) in [5.41, 5.74) is 4.55. The highest BCUT2D eigenvalue weighted by Crippen LogP contribution is 2.31. The number of carbonyl (C=O) groups excluding carboxylic acids is 1. The lowest BCUT2D eigenvalue weighted by Crippen LogP contribution is -2.44. The van der Waals surface area contributed by atoms with Crippen molar-refractivity contribution in [1.82, 2.24) is 10.6 Å².